The van der Waals surface area contributed by atoms with Crippen LogP contribution in [0.4, 0.5) is 0 Å². The number of benzene rings is 1. The molecular formula is C15H24N2O2. The SMILES string of the molecule is CCC(C)C(N)C(=O)NCc1ccc(C)c(OC)c1. The zero-order valence-electron chi connectivity index (χ0n) is 12.2. The Balaban J connectivity index is 2.59. The van der Waals surface area contributed by atoms with E-state index >= 15 is 0 Å². The van der Waals surface area contributed by atoms with Crippen molar-refractivity contribution < 1.29 is 9.53 Å². The van der Waals surface area contributed by atoms with Crippen molar-refractivity contribution in [3.05, 3.63) is 29.3 Å². The highest BCUT2D eigenvalue weighted by Gasteiger charge is 2.18. The fraction of sp³-hybridized carbons (Fsp3) is 0.533. The smallest absolute Gasteiger partial charge is 0.237 e. The molecule has 1 aromatic carbocycles. The number of carbonyl (C=O) groups excluding carboxylic acids is 1. The standard InChI is InChI=1S/C15H24N2O2/c1-5-10(2)14(16)15(18)17-9-12-7-6-11(3)13(8-12)19-4/h6-8,10,14H,5,9,16H2,1-4H3,(H,17,18). The van der Waals surface area contributed by atoms with E-state index < -0.39 is 6.04 Å². The van der Waals surface area contributed by atoms with Crippen molar-refractivity contribution in [2.45, 2.75) is 39.8 Å². The number of nitrogens with one attached hydrogen (secondary N) is 1. The summed E-state index contributed by atoms with van der Waals surface area (Å²) in [6, 6.07) is 5.45. The minimum atomic E-state index is -0.447. The summed E-state index contributed by atoms with van der Waals surface area (Å²) in [6.07, 6.45) is 0.896. The van der Waals surface area contributed by atoms with Gasteiger partial charge in [0.25, 0.3) is 0 Å². The molecule has 1 rings (SSSR count). The van der Waals surface area contributed by atoms with Crippen LogP contribution in [0.3, 0.4) is 0 Å². The third-order valence-electron chi connectivity index (χ3n) is 3.50. The van der Waals surface area contributed by atoms with Crippen LogP contribution >= 0.6 is 0 Å². The minimum absolute atomic E-state index is 0.103. The third kappa shape index (κ3) is 4.24. The maximum atomic E-state index is 11.9. The lowest BCUT2D eigenvalue weighted by atomic mass is 9.99. The molecule has 1 aromatic rings. The van der Waals surface area contributed by atoms with Crippen LogP contribution in [0.5, 0.6) is 5.75 Å². The highest BCUT2D eigenvalue weighted by atomic mass is 16.5. The molecule has 0 saturated carbocycles. The molecule has 2 atom stereocenters. The van der Waals surface area contributed by atoms with Crippen LogP contribution in [0.2, 0.25) is 0 Å². The lowest BCUT2D eigenvalue weighted by Gasteiger charge is -2.18. The minimum Gasteiger partial charge on any atom is -0.496 e. The number of carbonyl (C=O) groups is 1. The van der Waals surface area contributed by atoms with Crippen LogP contribution in [0.25, 0.3) is 0 Å². The van der Waals surface area contributed by atoms with Crippen LogP contribution in [-0.2, 0) is 11.3 Å². The number of ether oxygens (including phenoxy) is 1. The van der Waals surface area contributed by atoms with Gasteiger partial charge in [0.05, 0.1) is 13.2 Å². The van der Waals surface area contributed by atoms with Gasteiger partial charge in [0, 0.05) is 6.54 Å². The zero-order valence-corrected chi connectivity index (χ0v) is 12.2. The number of nitrogens with two attached hydrogens (primary N) is 1. The van der Waals surface area contributed by atoms with E-state index in [1.54, 1.807) is 7.11 Å². The fourth-order valence-corrected chi connectivity index (χ4v) is 1.79. The molecule has 19 heavy (non-hydrogen) atoms. The summed E-state index contributed by atoms with van der Waals surface area (Å²) in [6.45, 7) is 6.47. The number of methoxy groups -OCH3 is 1. The largest absolute Gasteiger partial charge is 0.496 e. The summed E-state index contributed by atoms with van der Waals surface area (Å²) in [5.41, 5.74) is 7.96. The molecule has 0 spiro atoms. The molecule has 4 heteroatoms. The van der Waals surface area contributed by atoms with Crippen molar-refractivity contribution in [2.75, 3.05) is 7.11 Å². The Kier molecular flexibility index (Phi) is 5.83. The van der Waals surface area contributed by atoms with Crippen molar-refractivity contribution in [3.63, 3.8) is 0 Å². The highest BCUT2D eigenvalue weighted by molar-refractivity contribution is 5.81. The molecule has 0 fully saturated rings. The molecule has 0 aliphatic carbocycles. The van der Waals surface area contributed by atoms with Crippen molar-refractivity contribution >= 4 is 5.91 Å². The van der Waals surface area contributed by atoms with E-state index in [1.165, 1.54) is 0 Å². The fourth-order valence-electron chi connectivity index (χ4n) is 1.79. The van der Waals surface area contributed by atoms with Crippen molar-refractivity contribution in [3.8, 4) is 5.75 Å². The predicted molar refractivity (Wildman–Crippen MR) is 77.0 cm³/mol. The first-order valence-electron chi connectivity index (χ1n) is 6.66. The van der Waals surface area contributed by atoms with Crippen molar-refractivity contribution in [2.24, 2.45) is 11.7 Å². The lowest BCUT2D eigenvalue weighted by Crippen LogP contribution is -2.44. The van der Waals surface area contributed by atoms with Crippen LogP contribution in [0.1, 0.15) is 31.4 Å². The Hall–Kier alpha value is -1.55. The van der Waals surface area contributed by atoms with Crippen LogP contribution in [0.15, 0.2) is 18.2 Å². The number of hydrogen-bond donors (Lipinski definition) is 2. The van der Waals surface area contributed by atoms with Crippen LogP contribution in [-0.4, -0.2) is 19.1 Å². The summed E-state index contributed by atoms with van der Waals surface area (Å²) in [7, 11) is 1.64. The zero-order chi connectivity index (χ0) is 14.4. The summed E-state index contributed by atoms with van der Waals surface area (Å²) >= 11 is 0. The van der Waals surface area contributed by atoms with Gasteiger partial charge in [0.2, 0.25) is 5.91 Å². The molecular weight excluding hydrogens is 240 g/mol. The van der Waals surface area contributed by atoms with Gasteiger partial charge in [-0.25, -0.2) is 0 Å². The topological polar surface area (TPSA) is 64.4 Å². The van der Waals surface area contributed by atoms with E-state index in [9.17, 15) is 4.79 Å². The van der Waals surface area contributed by atoms with Crippen molar-refractivity contribution in [1.29, 1.82) is 0 Å². The molecule has 0 saturated heterocycles. The van der Waals surface area contributed by atoms with Gasteiger partial charge in [-0.2, -0.15) is 0 Å². The monoisotopic (exact) mass is 264 g/mol. The van der Waals surface area contributed by atoms with Crippen LogP contribution in [0, 0.1) is 12.8 Å². The molecule has 1 amide bonds. The molecule has 0 heterocycles. The predicted octanol–water partition coefficient (Wildman–Crippen LogP) is 1.99. The Morgan fingerprint density at radius 3 is 2.74 bits per heavy atom. The van der Waals surface area contributed by atoms with Crippen molar-refractivity contribution in [1.82, 2.24) is 5.32 Å². The number of rotatable bonds is 6. The quantitative estimate of drug-likeness (QED) is 0.826. The Morgan fingerprint density at radius 2 is 2.16 bits per heavy atom. The summed E-state index contributed by atoms with van der Waals surface area (Å²) < 4.78 is 5.26. The first-order valence-corrected chi connectivity index (χ1v) is 6.66. The van der Waals surface area contributed by atoms with Gasteiger partial charge >= 0.3 is 0 Å². The second-order valence-electron chi connectivity index (χ2n) is 4.93. The lowest BCUT2D eigenvalue weighted by molar-refractivity contribution is -0.123. The number of hydrogen-bond acceptors (Lipinski definition) is 3. The maximum absolute atomic E-state index is 11.9. The number of amides is 1. The molecule has 3 N–H and O–H groups in total. The molecule has 4 nitrogen and oxygen atoms in total. The second-order valence-corrected chi connectivity index (χ2v) is 4.93. The maximum Gasteiger partial charge on any atom is 0.237 e. The van der Waals surface area contributed by atoms with Crippen LogP contribution < -0.4 is 15.8 Å². The first kappa shape index (κ1) is 15.5. The Morgan fingerprint density at radius 1 is 1.47 bits per heavy atom. The van der Waals surface area contributed by atoms with Gasteiger partial charge in [-0.05, 0) is 30.0 Å². The number of aryl methyl sites for hydroxylation is 1. The summed E-state index contributed by atoms with van der Waals surface area (Å²) in [4.78, 5) is 11.9. The van der Waals surface area contributed by atoms with Gasteiger partial charge in [-0.1, -0.05) is 32.4 Å². The van der Waals surface area contributed by atoms with E-state index in [2.05, 4.69) is 5.32 Å². The molecule has 106 valence electrons. The Bertz CT molecular complexity index is 432. The first-order chi connectivity index (χ1) is 8.99. The average molecular weight is 264 g/mol. The molecule has 2 unspecified atom stereocenters. The van der Waals surface area contributed by atoms with Gasteiger partial charge < -0.3 is 15.8 Å². The molecule has 0 aromatic heterocycles. The highest BCUT2D eigenvalue weighted by Crippen LogP contribution is 2.18. The van der Waals surface area contributed by atoms with E-state index in [1.807, 2.05) is 39.0 Å². The normalized spacial score (nSPS) is 13.7. The third-order valence-corrected chi connectivity index (χ3v) is 3.50. The van der Waals surface area contributed by atoms with Gasteiger partial charge in [0.15, 0.2) is 0 Å². The summed E-state index contributed by atoms with van der Waals surface area (Å²) in [5, 5.41) is 2.87. The van der Waals surface area contributed by atoms with Gasteiger partial charge in [-0.3, -0.25) is 4.79 Å². The van der Waals surface area contributed by atoms with Gasteiger partial charge in [0.1, 0.15) is 5.75 Å². The van der Waals surface area contributed by atoms with E-state index in [0.29, 0.717) is 6.54 Å². The average Bonchev–Trinajstić information content (AvgIpc) is 2.44. The van der Waals surface area contributed by atoms with E-state index in [0.717, 1.165) is 23.3 Å². The molecule has 0 radical (unpaired) electrons. The second kappa shape index (κ2) is 7.14. The Labute approximate surface area is 115 Å². The summed E-state index contributed by atoms with van der Waals surface area (Å²) in [5.74, 6) is 0.916. The molecule has 0 aliphatic heterocycles. The van der Waals surface area contributed by atoms with E-state index in [-0.39, 0.29) is 11.8 Å². The molecule has 0 aliphatic rings. The molecule has 0 bridgehead atoms. The van der Waals surface area contributed by atoms with Gasteiger partial charge in [-0.15, -0.1) is 0 Å². The van der Waals surface area contributed by atoms with E-state index in [4.69, 9.17) is 10.5 Å².